The Morgan fingerprint density at radius 2 is 2.07 bits per heavy atom. The third-order valence-corrected chi connectivity index (χ3v) is 3.09. The minimum absolute atomic E-state index is 0.139. The third-order valence-electron chi connectivity index (χ3n) is 3.09. The second kappa shape index (κ2) is 4.19. The summed E-state index contributed by atoms with van der Waals surface area (Å²) in [5.74, 6) is -0.139. The Morgan fingerprint density at radius 3 is 2.60 bits per heavy atom. The predicted molar refractivity (Wildman–Crippen MR) is 60.4 cm³/mol. The maximum Gasteiger partial charge on any atom is 0.146 e. The number of anilines is 1. The fraction of sp³-hybridized carbons (Fsp3) is 0.500. The van der Waals surface area contributed by atoms with Crippen molar-refractivity contribution >= 4 is 5.69 Å². The van der Waals surface area contributed by atoms with Crippen molar-refractivity contribution in [1.82, 2.24) is 0 Å². The zero-order chi connectivity index (χ0) is 10.8. The van der Waals surface area contributed by atoms with E-state index in [9.17, 15) is 4.39 Å². The van der Waals surface area contributed by atoms with E-state index in [2.05, 4.69) is 11.8 Å². The average Bonchev–Trinajstić information content (AvgIpc) is 2.19. The highest BCUT2D eigenvalue weighted by Gasteiger charge is 2.31. The molecule has 2 nitrogen and oxygen atoms in total. The molecule has 0 saturated heterocycles. The first-order valence-electron chi connectivity index (χ1n) is 5.49. The monoisotopic (exact) mass is 208 g/mol. The van der Waals surface area contributed by atoms with Crippen molar-refractivity contribution in [3.05, 3.63) is 30.1 Å². The maximum absolute atomic E-state index is 13.6. The van der Waals surface area contributed by atoms with E-state index in [-0.39, 0.29) is 5.82 Å². The van der Waals surface area contributed by atoms with Crippen LogP contribution in [0.25, 0.3) is 0 Å². The molecule has 1 saturated carbocycles. The number of nitrogens with two attached hydrogens (primary N) is 1. The van der Waals surface area contributed by atoms with Crippen LogP contribution in [0.3, 0.4) is 0 Å². The Labute approximate surface area is 89.9 Å². The molecule has 1 fully saturated rings. The second-order valence-electron chi connectivity index (χ2n) is 4.12. The van der Waals surface area contributed by atoms with E-state index in [1.165, 1.54) is 6.07 Å². The molecule has 15 heavy (non-hydrogen) atoms. The predicted octanol–water partition coefficient (Wildman–Crippen LogP) is 2.14. The SMILES string of the molecule is CCN(c1ccccc1F)C1CC(N)C1. The highest BCUT2D eigenvalue weighted by atomic mass is 19.1. The van der Waals surface area contributed by atoms with Crippen LogP contribution in [0.1, 0.15) is 19.8 Å². The van der Waals surface area contributed by atoms with Gasteiger partial charge in [0, 0.05) is 18.6 Å². The van der Waals surface area contributed by atoms with Crippen molar-refractivity contribution in [3.8, 4) is 0 Å². The lowest BCUT2D eigenvalue weighted by atomic mass is 9.86. The van der Waals surface area contributed by atoms with E-state index in [0.717, 1.165) is 19.4 Å². The number of benzene rings is 1. The topological polar surface area (TPSA) is 29.3 Å². The largest absolute Gasteiger partial charge is 0.366 e. The van der Waals surface area contributed by atoms with Gasteiger partial charge in [-0.2, -0.15) is 0 Å². The molecule has 82 valence electrons. The standard InChI is InChI=1S/C12H17FN2/c1-2-15(10-7-9(14)8-10)12-6-4-3-5-11(12)13/h3-6,9-10H,2,7-8,14H2,1H3. The van der Waals surface area contributed by atoms with Crippen molar-refractivity contribution in [2.45, 2.75) is 31.8 Å². The smallest absolute Gasteiger partial charge is 0.146 e. The van der Waals surface area contributed by atoms with Crippen LogP contribution >= 0.6 is 0 Å². The summed E-state index contributed by atoms with van der Waals surface area (Å²) in [4.78, 5) is 2.11. The van der Waals surface area contributed by atoms with Gasteiger partial charge < -0.3 is 10.6 Å². The summed E-state index contributed by atoms with van der Waals surface area (Å²) in [5.41, 5.74) is 6.46. The molecule has 0 spiro atoms. The van der Waals surface area contributed by atoms with Crippen molar-refractivity contribution in [1.29, 1.82) is 0 Å². The van der Waals surface area contributed by atoms with Crippen LogP contribution in [-0.2, 0) is 0 Å². The minimum atomic E-state index is -0.139. The molecule has 2 rings (SSSR count). The molecule has 0 aromatic heterocycles. The van der Waals surface area contributed by atoms with Gasteiger partial charge in [0.25, 0.3) is 0 Å². The molecular formula is C12H17FN2. The number of hydrogen-bond donors (Lipinski definition) is 1. The van der Waals surface area contributed by atoms with Crippen LogP contribution in [0, 0.1) is 5.82 Å². The Hall–Kier alpha value is -1.09. The second-order valence-corrected chi connectivity index (χ2v) is 4.12. The quantitative estimate of drug-likeness (QED) is 0.824. The molecule has 2 N–H and O–H groups in total. The molecule has 3 heteroatoms. The summed E-state index contributed by atoms with van der Waals surface area (Å²) in [5, 5.41) is 0. The summed E-state index contributed by atoms with van der Waals surface area (Å²) in [6.07, 6.45) is 1.95. The van der Waals surface area contributed by atoms with Crippen molar-refractivity contribution in [2.75, 3.05) is 11.4 Å². The lowest BCUT2D eigenvalue weighted by Gasteiger charge is -2.42. The van der Waals surface area contributed by atoms with Crippen molar-refractivity contribution < 1.29 is 4.39 Å². The van der Waals surface area contributed by atoms with Crippen LogP contribution in [0.5, 0.6) is 0 Å². The summed E-state index contributed by atoms with van der Waals surface area (Å²) in [6, 6.07) is 7.66. The van der Waals surface area contributed by atoms with E-state index in [0.29, 0.717) is 17.8 Å². The molecule has 0 amide bonds. The van der Waals surface area contributed by atoms with Crippen LogP contribution in [0.4, 0.5) is 10.1 Å². The Kier molecular flexibility index (Phi) is 2.91. The normalized spacial score (nSPS) is 24.7. The number of para-hydroxylation sites is 1. The average molecular weight is 208 g/mol. The molecule has 1 aromatic rings. The highest BCUT2D eigenvalue weighted by Crippen LogP contribution is 2.30. The van der Waals surface area contributed by atoms with Gasteiger partial charge in [0.15, 0.2) is 0 Å². The Balaban J connectivity index is 2.16. The highest BCUT2D eigenvalue weighted by molar-refractivity contribution is 5.49. The number of halogens is 1. The summed E-state index contributed by atoms with van der Waals surface area (Å²) in [6.45, 7) is 2.88. The fourth-order valence-electron chi connectivity index (χ4n) is 2.19. The molecular weight excluding hydrogens is 191 g/mol. The molecule has 0 aliphatic heterocycles. The van der Waals surface area contributed by atoms with Crippen molar-refractivity contribution in [3.63, 3.8) is 0 Å². The van der Waals surface area contributed by atoms with Crippen molar-refractivity contribution in [2.24, 2.45) is 5.73 Å². The van der Waals surface area contributed by atoms with Gasteiger partial charge in [0.2, 0.25) is 0 Å². The Bertz CT molecular complexity index is 334. The van der Waals surface area contributed by atoms with Crippen LogP contribution in [-0.4, -0.2) is 18.6 Å². The van der Waals surface area contributed by atoms with Gasteiger partial charge in [0.1, 0.15) is 5.82 Å². The van der Waals surface area contributed by atoms with Gasteiger partial charge in [-0.05, 0) is 31.9 Å². The van der Waals surface area contributed by atoms with Crippen LogP contribution in [0.15, 0.2) is 24.3 Å². The molecule has 0 atom stereocenters. The van der Waals surface area contributed by atoms with E-state index in [1.807, 2.05) is 12.1 Å². The first-order chi connectivity index (χ1) is 7.22. The van der Waals surface area contributed by atoms with Crippen LogP contribution < -0.4 is 10.6 Å². The summed E-state index contributed by atoms with van der Waals surface area (Å²) >= 11 is 0. The maximum atomic E-state index is 13.6. The molecule has 0 bridgehead atoms. The molecule has 1 aromatic carbocycles. The zero-order valence-electron chi connectivity index (χ0n) is 8.99. The first-order valence-corrected chi connectivity index (χ1v) is 5.49. The van der Waals surface area contributed by atoms with Gasteiger partial charge in [-0.3, -0.25) is 0 Å². The van der Waals surface area contributed by atoms with Gasteiger partial charge >= 0.3 is 0 Å². The van der Waals surface area contributed by atoms with E-state index in [4.69, 9.17) is 5.73 Å². The van der Waals surface area contributed by atoms with Crippen LogP contribution in [0.2, 0.25) is 0 Å². The van der Waals surface area contributed by atoms with E-state index in [1.54, 1.807) is 6.07 Å². The number of nitrogens with zero attached hydrogens (tertiary/aromatic N) is 1. The molecule has 0 heterocycles. The lowest BCUT2D eigenvalue weighted by molar-refractivity contribution is 0.330. The van der Waals surface area contributed by atoms with E-state index < -0.39 is 0 Å². The van der Waals surface area contributed by atoms with Gasteiger partial charge in [-0.1, -0.05) is 12.1 Å². The van der Waals surface area contributed by atoms with E-state index >= 15 is 0 Å². The summed E-state index contributed by atoms with van der Waals surface area (Å²) in [7, 11) is 0. The fourth-order valence-corrected chi connectivity index (χ4v) is 2.19. The first kappa shape index (κ1) is 10.4. The zero-order valence-corrected chi connectivity index (χ0v) is 8.99. The molecule has 1 aliphatic rings. The van der Waals surface area contributed by atoms with Gasteiger partial charge in [-0.15, -0.1) is 0 Å². The van der Waals surface area contributed by atoms with Gasteiger partial charge in [-0.25, -0.2) is 4.39 Å². The minimum Gasteiger partial charge on any atom is -0.366 e. The molecule has 0 radical (unpaired) electrons. The Morgan fingerprint density at radius 1 is 1.40 bits per heavy atom. The molecule has 0 unspecified atom stereocenters. The number of rotatable bonds is 3. The number of hydrogen-bond acceptors (Lipinski definition) is 2. The lowest BCUT2D eigenvalue weighted by Crippen LogP contribution is -2.51. The van der Waals surface area contributed by atoms with Gasteiger partial charge in [0.05, 0.1) is 5.69 Å². The summed E-state index contributed by atoms with van der Waals surface area (Å²) < 4.78 is 13.6. The third kappa shape index (κ3) is 1.97. The molecule has 1 aliphatic carbocycles.